The lowest BCUT2D eigenvalue weighted by atomic mass is 9.79. The lowest BCUT2D eigenvalue weighted by molar-refractivity contribution is -0.193. The number of likely N-dealkylation sites (tertiary alicyclic amines) is 1. The molecule has 1 unspecified atom stereocenters. The van der Waals surface area contributed by atoms with Gasteiger partial charge in [0.15, 0.2) is 0 Å². The highest BCUT2D eigenvalue weighted by atomic mass is 19.4. The Bertz CT molecular complexity index is 745. The SMILES string of the molecule is COCCC1CCOC2(C1)CN(Cc1ccncc1)C2.O=C(O)C(F)(F)F.O=C(O)C(F)(F)F. The molecule has 0 aliphatic carbocycles. The lowest BCUT2D eigenvalue weighted by Crippen LogP contribution is -2.64. The second-order valence-corrected chi connectivity index (χ2v) is 7.78. The van der Waals surface area contributed by atoms with Crippen LogP contribution >= 0.6 is 0 Å². The molecule has 194 valence electrons. The van der Waals surface area contributed by atoms with Gasteiger partial charge in [-0.3, -0.25) is 9.88 Å². The number of carboxylic acid groups (broad SMARTS) is 2. The number of rotatable bonds is 5. The van der Waals surface area contributed by atoms with Gasteiger partial charge in [0.25, 0.3) is 0 Å². The number of carboxylic acids is 2. The molecule has 2 aliphatic heterocycles. The van der Waals surface area contributed by atoms with Crippen molar-refractivity contribution in [3.8, 4) is 0 Å². The maximum atomic E-state index is 10.6. The van der Waals surface area contributed by atoms with Crippen LogP contribution in [0, 0.1) is 5.92 Å². The largest absolute Gasteiger partial charge is 0.490 e. The van der Waals surface area contributed by atoms with Crippen LogP contribution in [0.2, 0.25) is 0 Å². The number of hydrogen-bond donors (Lipinski definition) is 2. The number of carbonyl (C=O) groups is 2. The maximum Gasteiger partial charge on any atom is 0.490 e. The first-order chi connectivity index (χ1) is 15.7. The highest BCUT2D eigenvalue weighted by Gasteiger charge is 2.47. The molecule has 2 N–H and O–H groups in total. The van der Waals surface area contributed by atoms with Gasteiger partial charge in [-0.15, -0.1) is 0 Å². The van der Waals surface area contributed by atoms with E-state index in [1.807, 2.05) is 12.4 Å². The topological polar surface area (TPSA) is 109 Å². The fraction of sp³-hybridized carbons (Fsp3) is 0.650. The number of hydrogen-bond acceptors (Lipinski definition) is 6. The number of pyridine rings is 1. The first-order valence-electron chi connectivity index (χ1n) is 10.0. The van der Waals surface area contributed by atoms with Crippen molar-refractivity contribution in [2.75, 3.05) is 33.4 Å². The molecule has 0 amide bonds. The molecule has 2 saturated heterocycles. The van der Waals surface area contributed by atoms with Gasteiger partial charge in [0.2, 0.25) is 0 Å². The van der Waals surface area contributed by atoms with Gasteiger partial charge in [-0.25, -0.2) is 9.59 Å². The minimum absolute atomic E-state index is 0.129. The summed E-state index contributed by atoms with van der Waals surface area (Å²) >= 11 is 0. The number of alkyl halides is 6. The predicted octanol–water partition coefficient (Wildman–Crippen LogP) is 3.37. The van der Waals surface area contributed by atoms with Crippen LogP contribution in [-0.2, 0) is 25.6 Å². The van der Waals surface area contributed by atoms with Crippen LogP contribution in [0.3, 0.4) is 0 Å². The molecule has 8 nitrogen and oxygen atoms in total. The van der Waals surface area contributed by atoms with Gasteiger partial charge in [0.05, 0.1) is 5.60 Å². The van der Waals surface area contributed by atoms with Gasteiger partial charge >= 0.3 is 24.3 Å². The average molecular weight is 504 g/mol. The fourth-order valence-corrected chi connectivity index (χ4v) is 3.51. The zero-order valence-corrected chi connectivity index (χ0v) is 18.2. The van der Waals surface area contributed by atoms with Crippen molar-refractivity contribution >= 4 is 11.9 Å². The van der Waals surface area contributed by atoms with Crippen molar-refractivity contribution in [2.24, 2.45) is 5.92 Å². The van der Waals surface area contributed by atoms with E-state index in [1.165, 1.54) is 24.8 Å². The second-order valence-electron chi connectivity index (χ2n) is 7.78. The molecule has 2 fully saturated rings. The maximum absolute atomic E-state index is 10.6. The van der Waals surface area contributed by atoms with E-state index >= 15 is 0 Å². The summed E-state index contributed by atoms with van der Waals surface area (Å²) in [4.78, 5) is 24.3. The highest BCUT2D eigenvalue weighted by molar-refractivity contribution is 5.73. The van der Waals surface area contributed by atoms with Gasteiger partial charge in [-0.1, -0.05) is 0 Å². The van der Waals surface area contributed by atoms with E-state index in [1.54, 1.807) is 7.11 Å². The number of aromatic nitrogens is 1. The van der Waals surface area contributed by atoms with Crippen LogP contribution in [0.5, 0.6) is 0 Å². The molecule has 3 rings (SSSR count). The zero-order chi connectivity index (χ0) is 26.0. The number of aliphatic carboxylic acids is 2. The summed E-state index contributed by atoms with van der Waals surface area (Å²) in [6.45, 7) is 4.94. The molecule has 1 spiro atoms. The Balaban J connectivity index is 0.000000343. The molecule has 0 saturated carbocycles. The molecule has 0 bridgehead atoms. The van der Waals surface area contributed by atoms with Crippen LogP contribution in [0.15, 0.2) is 24.5 Å². The smallest absolute Gasteiger partial charge is 0.475 e. The normalized spacial score (nSPS) is 19.7. The number of nitrogens with zero attached hydrogens (tertiary/aromatic N) is 2. The molecule has 1 aromatic heterocycles. The van der Waals surface area contributed by atoms with E-state index in [9.17, 15) is 26.3 Å². The molecule has 34 heavy (non-hydrogen) atoms. The Morgan fingerprint density at radius 1 is 1.12 bits per heavy atom. The van der Waals surface area contributed by atoms with Crippen LogP contribution in [-0.4, -0.2) is 83.4 Å². The molecule has 1 aromatic rings. The summed E-state index contributed by atoms with van der Waals surface area (Å²) in [7, 11) is 1.79. The fourth-order valence-electron chi connectivity index (χ4n) is 3.51. The Labute approximate surface area is 191 Å². The minimum atomic E-state index is -5.08. The lowest BCUT2D eigenvalue weighted by Gasteiger charge is -2.53. The Hall–Kier alpha value is -2.45. The van der Waals surface area contributed by atoms with E-state index in [2.05, 4.69) is 22.0 Å². The van der Waals surface area contributed by atoms with Crippen molar-refractivity contribution in [3.05, 3.63) is 30.1 Å². The first kappa shape index (κ1) is 29.6. The van der Waals surface area contributed by atoms with Crippen LogP contribution in [0.25, 0.3) is 0 Å². The third-order valence-electron chi connectivity index (χ3n) is 4.99. The van der Waals surface area contributed by atoms with Crippen molar-refractivity contribution in [1.82, 2.24) is 9.88 Å². The molecule has 0 radical (unpaired) electrons. The molecular weight excluding hydrogens is 478 g/mol. The summed E-state index contributed by atoms with van der Waals surface area (Å²) in [5, 5.41) is 14.2. The van der Waals surface area contributed by atoms with Crippen LogP contribution in [0.4, 0.5) is 26.3 Å². The zero-order valence-electron chi connectivity index (χ0n) is 18.2. The third-order valence-corrected chi connectivity index (χ3v) is 4.99. The summed E-state index contributed by atoms with van der Waals surface area (Å²) in [5.74, 6) is -4.74. The van der Waals surface area contributed by atoms with E-state index < -0.39 is 24.3 Å². The molecule has 3 heterocycles. The average Bonchev–Trinajstić information content (AvgIpc) is 2.72. The molecule has 2 aliphatic rings. The molecule has 14 heteroatoms. The number of halogens is 6. The minimum Gasteiger partial charge on any atom is -0.475 e. The Morgan fingerprint density at radius 3 is 2.06 bits per heavy atom. The van der Waals surface area contributed by atoms with Crippen molar-refractivity contribution in [3.63, 3.8) is 0 Å². The van der Waals surface area contributed by atoms with Crippen LogP contribution < -0.4 is 0 Å². The number of methoxy groups -OCH3 is 1. The quantitative estimate of drug-likeness (QED) is 0.588. The van der Waals surface area contributed by atoms with E-state index in [0.29, 0.717) is 0 Å². The highest BCUT2D eigenvalue weighted by Crippen LogP contribution is 2.38. The van der Waals surface area contributed by atoms with Gasteiger partial charge in [0.1, 0.15) is 0 Å². The van der Waals surface area contributed by atoms with Gasteiger partial charge in [-0.05, 0) is 42.9 Å². The van der Waals surface area contributed by atoms with Gasteiger partial charge in [0, 0.05) is 52.4 Å². The van der Waals surface area contributed by atoms with Gasteiger partial charge < -0.3 is 19.7 Å². The summed E-state index contributed by atoms with van der Waals surface area (Å²) in [6, 6.07) is 4.18. The Morgan fingerprint density at radius 2 is 1.62 bits per heavy atom. The Kier molecular flexibility index (Phi) is 11.2. The standard InChI is InChI=1S/C16H24N2O2.2C2HF3O2/c1-19-8-4-14-5-9-20-16(10-14)12-18(13-16)11-15-2-6-17-7-3-15;2*3-2(4,5)1(6)7/h2-3,6-7,14H,4-5,8-13H2,1H3;2*(H,6,7). The van der Waals surface area contributed by atoms with Gasteiger partial charge in [-0.2, -0.15) is 26.3 Å². The summed E-state index contributed by atoms with van der Waals surface area (Å²) < 4.78 is 74.8. The van der Waals surface area contributed by atoms with Crippen molar-refractivity contribution < 1.29 is 55.6 Å². The van der Waals surface area contributed by atoms with E-state index in [4.69, 9.17) is 29.3 Å². The summed E-state index contributed by atoms with van der Waals surface area (Å²) in [5.41, 5.74) is 1.46. The monoisotopic (exact) mass is 504 g/mol. The first-order valence-corrected chi connectivity index (χ1v) is 10.0. The van der Waals surface area contributed by atoms with Crippen molar-refractivity contribution in [2.45, 2.75) is 43.8 Å². The van der Waals surface area contributed by atoms with Crippen molar-refractivity contribution in [1.29, 1.82) is 0 Å². The second kappa shape index (κ2) is 12.9. The third kappa shape index (κ3) is 10.7. The number of ether oxygens (including phenoxy) is 2. The molecule has 1 atom stereocenters. The molecule has 0 aromatic carbocycles. The van der Waals surface area contributed by atoms with E-state index in [-0.39, 0.29) is 5.60 Å². The van der Waals surface area contributed by atoms with Crippen LogP contribution in [0.1, 0.15) is 24.8 Å². The molecular formula is C20H26F6N2O6. The predicted molar refractivity (Wildman–Crippen MR) is 105 cm³/mol. The summed E-state index contributed by atoms with van der Waals surface area (Å²) in [6.07, 6.45) is -2.88. The van der Waals surface area contributed by atoms with E-state index in [0.717, 1.165) is 38.8 Å².